The first kappa shape index (κ1) is 16.2. The Morgan fingerprint density at radius 2 is 1.68 bits per heavy atom. The molecule has 0 spiro atoms. The Hall–Kier alpha value is -3.68. The third-order valence-electron chi connectivity index (χ3n) is 3.34. The van der Waals surface area contributed by atoms with Gasteiger partial charge in [0, 0.05) is 12.1 Å². The fraction of sp³-hybridized carbons (Fsp3) is 0.0588. The van der Waals surface area contributed by atoms with Gasteiger partial charge in [0.1, 0.15) is 0 Å². The van der Waals surface area contributed by atoms with Crippen LogP contribution in [0.1, 0.15) is 32.8 Å². The van der Waals surface area contributed by atoms with E-state index in [-0.39, 0.29) is 22.8 Å². The van der Waals surface area contributed by atoms with E-state index in [4.69, 9.17) is 13.6 Å². The first-order valence-corrected chi connectivity index (χ1v) is 7.13. The second kappa shape index (κ2) is 6.83. The van der Waals surface area contributed by atoms with Crippen LogP contribution in [0.15, 0.2) is 69.9 Å². The first-order valence-electron chi connectivity index (χ1n) is 7.13. The number of nitro benzene ring substituents is 1. The zero-order valence-electron chi connectivity index (χ0n) is 12.7. The molecule has 2 heterocycles. The molecule has 3 aromatic rings. The van der Waals surface area contributed by atoms with Crippen LogP contribution in [0.3, 0.4) is 0 Å². The Labute approximate surface area is 140 Å². The van der Waals surface area contributed by atoms with Gasteiger partial charge in [-0.1, -0.05) is 0 Å². The Kier molecular flexibility index (Phi) is 4.42. The van der Waals surface area contributed by atoms with Gasteiger partial charge >= 0.3 is 5.97 Å². The summed E-state index contributed by atoms with van der Waals surface area (Å²) >= 11 is 0. The molecule has 0 bridgehead atoms. The highest BCUT2D eigenvalue weighted by molar-refractivity contribution is 6.00. The minimum atomic E-state index is -1.33. The van der Waals surface area contributed by atoms with Crippen LogP contribution in [0.25, 0.3) is 0 Å². The largest absolute Gasteiger partial charge is 0.465 e. The van der Waals surface area contributed by atoms with Gasteiger partial charge < -0.3 is 13.6 Å². The molecule has 1 atom stereocenters. The maximum atomic E-state index is 12.5. The summed E-state index contributed by atoms with van der Waals surface area (Å²) in [4.78, 5) is 34.9. The van der Waals surface area contributed by atoms with Gasteiger partial charge in [0.15, 0.2) is 11.5 Å². The molecule has 0 saturated heterocycles. The summed E-state index contributed by atoms with van der Waals surface area (Å²) < 4.78 is 15.5. The standard InChI is InChI=1S/C17H11NO7/c19-15(13-3-1-9-23-13)16(14-4-2-10-24-14)25-17(20)11-5-7-12(8-6-11)18(21)22/h1-10,16H. The number of Topliss-reactive ketones (excluding diaryl/α,β-unsaturated/α-hetero) is 1. The number of non-ortho nitro benzene ring substituents is 1. The van der Waals surface area contributed by atoms with Gasteiger partial charge in [-0.05, 0) is 36.4 Å². The third kappa shape index (κ3) is 3.47. The van der Waals surface area contributed by atoms with Crippen LogP contribution >= 0.6 is 0 Å². The predicted molar refractivity (Wildman–Crippen MR) is 83.0 cm³/mol. The number of rotatable bonds is 6. The van der Waals surface area contributed by atoms with Crippen molar-refractivity contribution in [2.75, 3.05) is 0 Å². The number of esters is 1. The van der Waals surface area contributed by atoms with Gasteiger partial charge in [-0.25, -0.2) is 4.79 Å². The summed E-state index contributed by atoms with van der Waals surface area (Å²) in [5, 5.41) is 10.7. The van der Waals surface area contributed by atoms with Crippen molar-refractivity contribution in [3.8, 4) is 0 Å². The van der Waals surface area contributed by atoms with E-state index in [0.717, 1.165) is 0 Å². The van der Waals surface area contributed by atoms with E-state index >= 15 is 0 Å². The molecule has 0 aliphatic carbocycles. The molecule has 3 rings (SSSR count). The maximum absolute atomic E-state index is 12.5. The number of benzene rings is 1. The van der Waals surface area contributed by atoms with Gasteiger partial charge in [0.05, 0.1) is 23.0 Å². The lowest BCUT2D eigenvalue weighted by Crippen LogP contribution is -2.19. The Morgan fingerprint density at radius 3 is 2.24 bits per heavy atom. The number of carbonyl (C=O) groups excluding carboxylic acids is 2. The second-order valence-corrected chi connectivity index (χ2v) is 4.95. The van der Waals surface area contributed by atoms with Crippen LogP contribution in [-0.2, 0) is 4.74 Å². The van der Waals surface area contributed by atoms with Crippen LogP contribution in [0.2, 0.25) is 0 Å². The molecule has 25 heavy (non-hydrogen) atoms. The fourth-order valence-corrected chi connectivity index (χ4v) is 2.12. The Morgan fingerprint density at radius 1 is 1.00 bits per heavy atom. The monoisotopic (exact) mass is 341 g/mol. The lowest BCUT2D eigenvalue weighted by Gasteiger charge is -2.13. The van der Waals surface area contributed by atoms with Crippen molar-refractivity contribution in [3.05, 3.63) is 88.3 Å². The number of ether oxygens (including phenoxy) is 1. The van der Waals surface area contributed by atoms with Gasteiger partial charge in [0.25, 0.3) is 5.69 Å². The Balaban J connectivity index is 1.84. The maximum Gasteiger partial charge on any atom is 0.339 e. The number of carbonyl (C=O) groups is 2. The molecule has 0 aliphatic heterocycles. The van der Waals surface area contributed by atoms with Gasteiger partial charge in [0.2, 0.25) is 11.9 Å². The zero-order chi connectivity index (χ0) is 17.8. The van der Waals surface area contributed by atoms with E-state index in [2.05, 4.69) is 0 Å². The van der Waals surface area contributed by atoms with Crippen molar-refractivity contribution in [2.24, 2.45) is 0 Å². The van der Waals surface area contributed by atoms with Crippen LogP contribution in [0, 0.1) is 10.1 Å². The summed E-state index contributed by atoms with van der Waals surface area (Å²) in [6.45, 7) is 0. The van der Waals surface area contributed by atoms with E-state index in [1.807, 2.05) is 0 Å². The molecule has 2 aromatic heterocycles. The van der Waals surface area contributed by atoms with Crippen LogP contribution in [-0.4, -0.2) is 16.7 Å². The summed E-state index contributed by atoms with van der Waals surface area (Å²) in [5.74, 6) is -1.26. The second-order valence-electron chi connectivity index (χ2n) is 4.95. The highest BCUT2D eigenvalue weighted by Gasteiger charge is 2.31. The van der Waals surface area contributed by atoms with E-state index in [1.165, 1.54) is 55.0 Å². The molecule has 0 N–H and O–H groups in total. The van der Waals surface area contributed by atoms with Crippen molar-refractivity contribution in [1.82, 2.24) is 0 Å². The number of hydrogen-bond acceptors (Lipinski definition) is 7. The van der Waals surface area contributed by atoms with E-state index in [0.29, 0.717) is 0 Å². The molecule has 0 fully saturated rings. The number of ketones is 1. The van der Waals surface area contributed by atoms with Crippen LogP contribution in [0.5, 0.6) is 0 Å². The third-order valence-corrected chi connectivity index (χ3v) is 3.34. The van der Waals surface area contributed by atoms with Gasteiger partial charge in [-0.3, -0.25) is 14.9 Å². The summed E-state index contributed by atoms with van der Waals surface area (Å²) in [6, 6.07) is 10.9. The van der Waals surface area contributed by atoms with Crippen molar-refractivity contribution >= 4 is 17.4 Å². The highest BCUT2D eigenvalue weighted by Crippen LogP contribution is 2.25. The van der Waals surface area contributed by atoms with Crippen molar-refractivity contribution < 1.29 is 28.1 Å². The van der Waals surface area contributed by atoms with Gasteiger partial charge in [-0.2, -0.15) is 0 Å². The number of hydrogen-bond donors (Lipinski definition) is 0. The molecule has 0 radical (unpaired) electrons. The van der Waals surface area contributed by atoms with Crippen LogP contribution in [0.4, 0.5) is 5.69 Å². The lowest BCUT2D eigenvalue weighted by molar-refractivity contribution is -0.384. The van der Waals surface area contributed by atoms with E-state index < -0.39 is 22.8 Å². The SMILES string of the molecule is O=C(OC(C(=O)c1ccco1)c1ccco1)c1ccc([N+](=O)[O-])cc1. The molecule has 0 aliphatic rings. The summed E-state index contributed by atoms with van der Waals surface area (Å²) in [7, 11) is 0. The van der Waals surface area contributed by atoms with Crippen molar-refractivity contribution in [3.63, 3.8) is 0 Å². The molecule has 1 aromatic carbocycles. The van der Waals surface area contributed by atoms with Crippen molar-refractivity contribution in [2.45, 2.75) is 6.10 Å². The number of nitro groups is 1. The minimum absolute atomic E-state index is 0.0119. The zero-order valence-corrected chi connectivity index (χ0v) is 12.7. The normalized spacial score (nSPS) is 11.7. The molecule has 0 amide bonds. The lowest BCUT2D eigenvalue weighted by atomic mass is 10.1. The summed E-state index contributed by atoms with van der Waals surface area (Å²) in [5.41, 5.74) is -0.0970. The molecule has 0 saturated carbocycles. The van der Waals surface area contributed by atoms with E-state index in [1.54, 1.807) is 6.07 Å². The number of furan rings is 2. The minimum Gasteiger partial charge on any atom is -0.465 e. The molecule has 1 unspecified atom stereocenters. The number of nitrogens with zero attached hydrogens (tertiary/aromatic N) is 1. The molecular weight excluding hydrogens is 330 g/mol. The smallest absolute Gasteiger partial charge is 0.339 e. The van der Waals surface area contributed by atoms with Gasteiger partial charge in [-0.15, -0.1) is 0 Å². The van der Waals surface area contributed by atoms with E-state index in [9.17, 15) is 19.7 Å². The molecular formula is C17H11NO7. The van der Waals surface area contributed by atoms with Crippen LogP contribution < -0.4 is 0 Å². The summed E-state index contributed by atoms with van der Waals surface area (Å²) in [6.07, 6.45) is 1.34. The average Bonchev–Trinajstić information content (AvgIpc) is 3.32. The predicted octanol–water partition coefficient (Wildman–Crippen LogP) is 3.56. The average molecular weight is 341 g/mol. The highest BCUT2D eigenvalue weighted by atomic mass is 16.6. The Bertz CT molecular complexity index is 880. The molecule has 8 heteroatoms. The molecule has 126 valence electrons. The topological polar surface area (TPSA) is 113 Å². The quantitative estimate of drug-likeness (QED) is 0.291. The first-order chi connectivity index (χ1) is 12.1. The molecule has 8 nitrogen and oxygen atoms in total. The van der Waals surface area contributed by atoms with Crippen molar-refractivity contribution in [1.29, 1.82) is 0 Å². The fourth-order valence-electron chi connectivity index (χ4n) is 2.12.